The van der Waals surface area contributed by atoms with Crippen molar-refractivity contribution in [1.82, 2.24) is 10.2 Å². The predicted octanol–water partition coefficient (Wildman–Crippen LogP) is 1.37. The molecule has 1 amide bonds. The first kappa shape index (κ1) is 17.2. The second-order valence-electron chi connectivity index (χ2n) is 7.94. The van der Waals surface area contributed by atoms with E-state index >= 15 is 0 Å². The van der Waals surface area contributed by atoms with Crippen LogP contribution in [0.1, 0.15) is 44.9 Å². The van der Waals surface area contributed by atoms with Crippen LogP contribution in [0.15, 0.2) is 0 Å². The molecular formula is C18H33N3O2. The van der Waals surface area contributed by atoms with Gasteiger partial charge in [0.05, 0.1) is 5.41 Å². The van der Waals surface area contributed by atoms with E-state index in [4.69, 9.17) is 10.5 Å². The highest BCUT2D eigenvalue weighted by atomic mass is 16.5. The molecule has 2 saturated heterocycles. The van der Waals surface area contributed by atoms with E-state index in [1.54, 1.807) is 0 Å². The number of piperidine rings is 1. The van der Waals surface area contributed by atoms with E-state index in [-0.39, 0.29) is 11.3 Å². The lowest BCUT2D eigenvalue weighted by molar-refractivity contribution is -0.131. The van der Waals surface area contributed by atoms with Crippen LogP contribution in [-0.2, 0) is 9.53 Å². The van der Waals surface area contributed by atoms with Crippen LogP contribution >= 0.6 is 0 Å². The molecule has 3 rings (SSSR count). The summed E-state index contributed by atoms with van der Waals surface area (Å²) >= 11 is 0. The Hall–Kier alpha value is -0.650. The van der Waals surface area contributed by atoms with Crippen LogP contribution in [0.25, 0.3) is 0 Å². The summed E-state index contributed by atoms with van der Waals surface area (Å²) in [6.07, 6.45) is 7.60. The molecule has 0 aromatic heterocycles. The van der Waals surface area contributed by atoms with Crippen LogP contribution in [0.2, 0.25) is 0 Å². The smallest absolute Gasteiger partial charge is 0.223 e. The summed E-state index contributed by atoms with van der Waals surface area (Å²) in [6.45, 7) is 5.01. The summed E-state index contributed by atoms with van der Waals surface area (Å²) in [6, 6.07) is 0.514. The Morgan fingerprint density at radius 2 is 1.91 bits per heavy atom. The zero-order chi connectivity index (χ0) is 16.3. The fourth-order valence-corrected chi connectivity index (χ4v) is 5.08. The molecule has 3 fully saturated rings. The third-order valence-corrected chi connectivity index (χ3v) is 6.65. The average Bonchev–Trinajstić information content (AvgIpc) is 3.03. The van der Waals surface area contributed by atoms with Crippen molar-refractivity contribution in [3.63, 3.8) is 0 Å². The number of hydrogen-bond donors (Lipinski definition) is 2. The highest BCUT2D eigenvalue weighted by Crippen LogP contribution is 2.48. The molecule has 2 atom stereocenters. The average molecular weight is 323 g/mol. The fraction of sp³-hybridized carbons (Fsp3) is 0.944. The van der Waals surface area contributed by atoms with Crippen LogP contribution in [0.5, 0.6) is 0 Å². The van der Waals surface area contributed by atoms with Crippen molar-refractivity contribution in [1.29, 1.82) is 0 Å². The number of ether oxygens (including phenoxy) is 1. The van der Waals surface area contributed by atoms with Crippen LogP contribution < -0.4 is 11.1 Å². The molecule has 0 radical (unpaired) electrons. The summed E-state index contributed by atoms with van der Waals surface area (Å²) in [7, 11) is 2.24. The summed E-state index contributed by atoms with van der Waals surface area (Å²) in [5.74, 6) is 1.17. The van der Waals surface area contributed by atoms with E-state index in [1.807, 2.05) is 0 Å². The van der Waals surface area contributed by atoms with Crippen molar-refractivity contribution >= 4 is 5.91 Å². The van der Waals surface area contributed by atoms with Gasteiger partial charge in [-0.2, -0.15) is 0 Å². The van der Waals surface area contributed by atoms with Gasteiger partial charge in [0, 0.05) is 25.8 Å². The number of primary amides is 1. The summed E-state index contributed by atoms with van der Waals surface area (Å²) < 4.78 is 5.47. The van der Waals surface area contributed by atoms with Crippen LogP contribution in [-0.4, -0.2) is 56.7 Å². The molecule has 0 bridgehead atoms. The van der Waals surface area contributed by atoms with E-state index in [9.17, 15) is 4.79 Å². The minimum absolute atomic E-state index is 0.0497. The Morgan fingerprint density at radius 1 is 1.22 bits per heavy atom. The topological polar surface area (TPSA) is 67.6 Å². The molecule has 0 spiro atoms. The van der Waals surface area contributed by atoms with E-state index in [0.29, 0.717) is 12.0 Å². The first-order chi connectivity index (χ1) is 11.1. The second kappa shape index (κ2) is 7.49. The van der Waals surface area contributed by atoms with Gasteiger partial charge in [-0.3, -0.25) is 4.79 Å². The fourth-order valence-electron chi connectivity index (χ4n) is 5.08. The van der Waals surface area contributed by atoms with Gasteiger partial charge in [-0.05, 0) is 76.9 Å². The maximum Gasteiger partial charge on any atom is 0.223 e. The Bertz CT molecular complexity index is 405. The summed E-state index contributed by atoms with van der Waals surface area (Å²) in [5.41, 5.74) is 5.66. The van der Waals surface area contributed by atoms with Gasteiger partial charge < -0.3 is 20.7 Å². The Morgan fingerprint density at radius 3 is 2.57 bits per heavy atom. The Kier molecular flexibility index (Phi) is 5.60. The van der Waals surface area contributed by atoms with Crippen molar-refractivity contribution < 1.29 is 9.53 Å². The monoisotopic (exact) mass is 323 g/mol. The number of nitrogens with zero attached hydrogens (tertiary/aromatic N) is 1. The van der Waals surface area contributed by atoms with Crippen molar-refractivity contribution in [2.24, 2.45) is 23.0 Å². The highest BCUT2D eigenvalue weighted by Gasteiger charge is 2.50. The van der Waals surface area contributed by atoms with Crippen LogP contribution in [0.4, 0.5) is 0 Å². The zero-order valence-corrected chi connectivity index (χ0v) is 14.6. The lowest BCUT2D eigenvalue weighted by Gasteiger charge is -2.38. The number of rotatable bonds is 5. The molecule has 5 heteroatoms. The Balaban J connectivity index is 1.61. The summed E-state index contributed by atoms with van der Waals surface area (Å²) in [4.78, 5) is 14.8. The quantitative estimate of drug-likeness (QED) is 0.802. The second-order valence-corrected chi connectivity index (χ2v) is 7.94. The molecule has 2 heterocycles. The van der Waals surface area contributed by atoms with Gasteiger partial charge in [-0.15, -0.1) is 0 Å². The van der Waals surface area contributed by atoms with Gasteiger partial charge in [0.15, 0.2) is 0 Å². The van der Waals surface area contributed by atoms with Crippen LogP contribution in [0.3, 0.4) is 0 Å². The van der Waals surface area contributed by atoms with Gasteiger partial charge in [0.25, 0.3) is 0 Å². The Labute approximate surface area is 140 Å². The van der Waals surface area contributed by atoms with Gasteiger partial charge in [-0.1, -0.05) is 0 Å². The molecule has 132 valence electrons. The van der Waals surface area contributed by atoms with Gasteiger partial charge in [0.1, 0.15) is 0 Å². The molecule has 1 saturated carbocycles. The molecule has 0 aromatic carbocycles. The SMILES string of the molecule is CN(CC1CCOCC1)C1CCC(C(N)=O)(C2CCNCC2)C1. The van der Waals surface area contributed by atoms with E-state index in [2.05, 4.69) is 17.3 Å². The number of nitrogens with two attached hydrogens (primary N) is 1. The normalized spacial score (nSPS) is 34.1. The molecule has 2 unspecified atom stereocenters. The van der Waals surface area contributed by atoms with Crippen molar-refractivity contribution in [3.05, 3.63) is 0 Å². The lowest BCUT2D eigenvalue weighted by atomic mass is 9.69. The number of hydrogen-bond acceptors (Lipinski definition) is 4. The minimum Gasteiger partial charge on any atom is -0.381 e. The molecule has 1 aliphatic carbocycles. The minimum atomic E-state index is -0.253. The largest absolute Gasteiger partial charge is 0.381 e. The third-order valence-electron chi connectivity index (χ3n) is 6.65. The molecule has 5 nitrogen and oxygen atoms in total. The maximum absolute atomic E-state index is 12.3. The third kappa shape index (κ3) is 3.72. The van der Waals surface area contributed by atoms with E-state index in [1.165, 1.54) is 12.8 Å². The lowest BCUT2D eigenvalue weighted by Crippen LogP contribution is -2.47. The molecule has 3 aliphatic rings. The number of carbonyl (C=O) groups is 1. The number of carbonyl (C=O) groups excluding carboxylic acids is 1. The molecule has 2 aliphatic heterocycles. The predicted molar refractivity (Wildman–Crippen MR) is 91.0 cm³/mol. The van der Waals surface area contributed by atoms with E-state index in [0.717, 1.165) is 70.9 Å². The standard InChI is InChI=1S/C18H33N3O2/c1-21(13-14-5-10-23-11-6-14)16-2-7-18(12-16,17(19)22)15-3-8-20-9-4-15/h14-16,20H,2-13H2,1H3,(H2,19,22). The maximum atomic E-state index is 12.3. The summed E-state index contributed by atoms with van der Waals surface area (Å²) in [5, 5.41) is 3.41. The van der Waals surface area contributed by atoms with Crippen molar-refractivity contribution in [2.45, 2.75) is 51.0 Å². The van der Waals surface area contributed by atoms with E-state index < -0.39 is 0 Å². The van der Waals surface area contributed by atoms with Crippen LogP contribution in [0, 0.1) is 17.3 Å². The molecular weight excluding hydrogens is 290 g/mol. The first-order valence-electron chi connectivity index (χ1n) is 9.40. The molecule has 0 aromatic rings. The number of nitrogens with one attached hydrogen (secondary N) is 1. The van der Waals surface area contributed by atoms with Gasteiger partial charge >= 0.3 is 0 Å². The number of amides is 1. The van der Waals surface area contributed by atoms with Gasteiger partial charge in [0.2, 0.25) is 5.91 Å². The highest BCUT2D eigenvalue weighted by molar-refractivity contribution is 5.81. The molecule has 3 N–H and O–H groups in total. The van der Waals surface area contributed by atoms with Crippen molar-refractivity contribution in [2.75, 3.05) is 39.9 Å². The van der Waals surface area contributed by atoms with Crippen molar-refractivity contribution in [3.8, 4) is 0 Å². The molecule has 23 heavy (non-hydrogen) atoms. The zero-order valence-electron chi connectivity index (χ0n) is 14.6. The van der Waals surface area contributed by atoms with Gasteiger partial charge in [-0.25, -0.2) is 0 Å². The first-order valence-corrected chi connectivity index (χ1v) is 9.40.